The summed E-state index contributed by atoms with van der Waals surface area (Å²) in [6.45, 7) is 4.53. The fraction of sp³-hybridized carbons (Fsp3) is 0.286. The summed E-state index contributed by atoms with van der Waals surface area (Å²) in [4.78, 5) is 36.9. The summed E-state index contributed by atoms with van der Waals surface area (Å²) >= 11 is 2.98. The Hall–Kier alpha value is -2.58. The second-order valence-electron chi connectivity index (χ2n) is 6.93. The fourth-order valence-electron chi connectivity index (χ4n) is 3.33. The lowest BCUT2D eigenvalue weighted by molar-refractivity contribution is -0.118. The van der Waals surface area contributed by atoms with Crippen molar-refractivity contribution < 1.29 is 4.79 Å². The maximum atomic E-state index is 12.3. The molecule has 0 spiro atoms. The molecule has 0 radical (unpaired) electrons. The normalized spacial score (nSPS) is 11.4. The number of aryl methyl sites for hydroxylation is 2. The fourth-order valence-corrected chi connectivity index (χ4v) is 5.10. The number of aromatic nitrogens is 3. The topological polar surface area (TPSA) is 90.6 Å². The Morgan fingerprint density at radius 1 is 1.28 bits per heavy atom. The van der Waals surface area contributed by atoms with E-state index in [2.05, 4.69) is 26.3 Å². The SMILES string of the molecule is Cc1sc2nc(CSCC(=O)NCCc3c[nH]c4ccccc34)[nH]c(=O)c2c1C. The van der Waals surface area contributed by atoms with Gasteiger partial charge in [-0.1, -0.05) is 18.2 Å². The van der Waals surface area contributed by atoms with Crippen LogP contribution in [0.3, 0.4) is 0 Å². The van der Waals surface area contributed by atoms with Crippen LogP contribution >= 0.6 is 23.1 Å². The number of thioether (sulfide) groups is 1. The number of thiophene rings is 1. The Bertz CT molecular complexity index is 1240. The highest BCUT2D eigenvalue weighted by Crippen LogP contribution is 2.26. The van der Waals surface area contributed by atoms with Crippen molar-refractivity contribution in [2.75, 3.05) is 12.3 Å². The Balaban J connectivity index is 1.27. The molecule has 0 unspecified atom stereocenters. The molecule has 0 aliphatic carbocycles. The number of fused-ring (bicyclic) bond motifs is 2. The van der Waals surface area contributed by atoms with E-state index in [0.717, 1.165) is 27.2 Å². The number of nitrogens with zero attached hydrogens (tertiary/aromatic N) is 1. The number of carbonyl (C=O) groups is 1. The summed E-state index contributed by atoms with van der Waals surface area (Å²) < 4.78 is 0. The predicted octanol–water partition coefficient (Wildman–Crippen LogP) is 3.67. The highest BCUT2D eigenvalue weighted by molar-refractivity contribution is 7.99. The van der Waals surface area contributed by atoms with E-state index < -0.39 is 0 Å². The third kappa shape index (κ3) is 4.23. The van der Waals surface area contributed by atoms with Crippen molar-refractivity contribution in [3.63, 3.8) is 0 Å². The average molecular weight is 427 g/mol. The van der Waals surface area contributed by atoms with Crippen LogP contribution in [-0.2, 0) is 17.0 Å². The lowest BCUT2D eigenvalue weighted by Crippen LogP contribution is -2.27. The minimum Gasteiger partial charge on any atom is -0.361 e. The van der Waals surface area contributed by atoms with Crippen molar-refractivity contribution in [3.05, 3.63) is 62.6 Å². The molecule has 29 heavy (non-hydrogen) atoms. The largest absolute Gasteiger partial charge is 0.361 e. The summed E-state index contributed by atoms with van der Waals surface area (Å²) in [6, 6.07) is 8.15. The summed E-state index contributed by atoms with van der Waals surface area (Å²) in [5.41, 5.74) is 3.20. The van der Waals surface area contributed by atoms with Crippen LogP contribution in [0.1, 0.15) is 21.8 Å². The zero-order valence-electron chi connectivity index (χ0n) is 16.3. The van der Waals surface area contributed by atoms with Crippen molar-refractivity contribution in [3.8, 4) is 0 Å². The standard InChI is InChI=1S/C21H22N4O2S2/c1-12-13(2)29-21-19(12)20(27)24-17(25-21)10-28-11-18(26)22-8-7-14-9-23-16-6-4-3-5-15(14)16/h3-6,9,23H,7-8,10-11H2,1-2H3,(H,22,26)(H,24,25,27). The van der Waals surface area contributed by atoms with Crippen LogP contribution in [-0.4, -0.2) is 33.2 Å². The van der Waals surface area contributed by atoms with Crippen LogP contribution in [0.4, 0.5) is 0 Å². The van der Waals surface area contributed by atoms with Gasteiger partial charge in [-0.3, -0.25) is 9.59 Å². The van der Waals surface area contributed by atoms with Gasteiger partial charge in [0, 0.05) is 28.5 Å². The molecule has 0 saturated heterocycles. The third-order valence-electron chi connectivity index (χ3n) is 4.95. The van der Waals surface area contributed by atoms with Crippen molar-refractivity contribution in [1.29, 1.82) is 0 Å². The van der Waals surface area contributed by atoms with Crippen LogP contribution in [0, 0.1) is 13.8 Å². The number of nitrogens with one attached hydrogen (secondary N) is 3. The van der Waals surface area contributed by atoms with E-state index in [0.29, 0.717) is 29.3 Å². The quantitative estimate of drug-likeness (QED) is 0.420. The zero-order chi connectivity index (χ0) is 20.4. The molecule has 4 rings (SSSR count). The minimum atomic E-state index is -0.101. The van der Waals surface area contributed by atoms with Crippen molar-refractivity contribution in [2.24, 2.45) is 0 Å². The minimum absolute atomic E-state index is 0.0129. The van der Waals surface area contributed by atoms with Gasteiger partial charge in [0.2, 0.25) is 5.91 Å². The second kappa shape index (κ2) is 8.42. The van der Waals surface area contributed by atoms with E-state index in [4.69, 9.17) is 0 Å². The van der Waals surface area contributed by atoms with Gasteiger partial charge in [-0.25, -0.2) is 4.98 Å². The summed E-state index contributed by atoms with van der Waals surface area (Å²) in [6.07, 6.45) is 2.78. The first kappa shape index (κ1) is 19.7. The molecule has 0 aliphatic rings. The van der Waals surface area contributed by atoms with Gasteiger partial charge in [-0.05, 0) is 37.5 Å². The maximum absolute atomic E-state index is 12.3. The molecule has 1 aromatic carbocycles. The number of para-hydroxylation sites is 1. The Morgan fingerprint density at radius 3 is 2.97 bits per heavy atom. The Kier molecular flexibility index (Phi) is 5.73. The van der Waals surface area contributed by atoms with Gasteiger partial charge in [0.25, 0.3) is 5.56 Å². The summed E-state index contributed by atoms with van der Waals surface area (Å²) in [5.74, 6) is 1.43. The lowest BCUT2D eigenvalue weighted by Gasteiger charge is -2.05. The highest BCUT2D eigenvalue weighted by Gasteiger charge is 2.12. The molecule has 150 valence electrons. The molecule has 3 N–H and O–H groups in total. The Labute approximate surface area is 176 Å². The van der Waals surface area contributed by atoms with Crippen molar-refractivity contribution in [1.82, 2.24) is 20.3 Å². The zero-order valence-corrected chi connectivity index (χ0v) is 17.9. The van der Waals surface area contributed by atoms with E-state index in [1.54, 1.807) is 0 Å². The number of carbonyl (C=O) groups excluding carboxylic acids is 1. The molecule has 8 heteroatoms. The molecule has 3 heterocycles. The first-order chi connectivity index (χ1) is 14.0. The van der Waals surface area contributed by atoms with Gasteiger partial charge in [-0.2, -0.15) is 0 Å². The van der Waals surface area contributed by atoms with E-state index in [1.165, 1.54) is 34.0 Å². The second-order valence-corrected chi connectivity index (χ2v) is 9.12. The smallest absolute Gasteiger partial charge is 0.259 e. The van der Waals surface area contributed by atoms with E-state index in [9.17, 15) is 9.59 Å². The molecular formula is C21H22N4O2S2. The summed E-state index contributed by atoms with van der Waals surface area (Å²) in [5, 5.41) is 4.83. The van der Waals surface area contributed by atoms with Crippen LogP contribution < -0.4 is 10.9 Å². The monoisotopic (exact) mass is 426 g/mol. The molecule has 0 saturated carbocycles. The first-order valence-corrected chi connectivity index (χ1v) is 11.4. The molecule has 6 nitrogen and oxygen atoms in total. The number of hydrogen-bond acceptors (Lipinski definition) is 5. The number of H-pyrrole nitrogens is 2. The van der Waals surface area contributed by atoms with E-state index in [-0.39, 0.29) is 11.5 Å². The van der Waals surface area contributed by atoms with Gasteiger partial charge < -0.3 is 15.3 Å². The molecule has 0 fully saturated rings. The lowest BCUT2D eigenvalue weighted by atomic mass is 10.1. The summed E-state index contributed by atoms with van der Waals surface area (Å²) in [7, 11) is 0. The number of amides is 1. The van der Waals surface area contributed by atoms with Gasteiger partial charge >= 0.3 is 0 Å². The average Bonchev–Trinajstić information content (AvgIpc) is 3.23. The molecule has 0 atom stereocenters. The first-order valence-electron chi connectivity index (χ1n) is 9.41. The van der Waals surface area contributed by atoms with Crippen LogP contribution in [0.2, 0.25) is 0 Å². The molecular weight excluding hydrogens is 404 g/mol. The van der Waals surface area contributed by atoms with Crippen LogP contribution in [0.5, 0.6) is 0 Å². The predicted molar refractivity (Wildman–Crippen MR) is 121 cm³/mol. The number of benzene rings is 1. The van der Waals surface area contributed by atoms with Gasteiger partial charge in [0.15, 0.2) is 0 Å². The molecule has 4 aromatic rings. The van der Waals surface area contributed by atoms with E-state index >= 15 is 0 Å². The number of aromatic amines is 2. The van der Waals surface area contributed by atoms with Crippen LogP contribution in [0.25, 0.3) is 21.1 Å². The number of rotatable bonds is 7. The van der Waals surface area contributed by atoms with Crippen molar-refractivity contribution in [2.45, 2.75) is 26.0 Å². The highest BCUT2D eigenvalue weighted by atomic mass is 32.2. The number of hydrogen-bond donors (Lipinski definition) is 3. The third-order valence-corrected chi connectivity index (χ3v) is 7.00. The molecule has 0 bridgehead atoms. The van der Waals surface area contributed by atoms with Crippen LogP contribution in [0.15, 0.2) is 35.3 Å². The molecule has 3 aromatic heterocycles. The van der Waals surface area contributed by atoms with E-state index in [1.807, 2.05) is 38.2 Å². The van der Waals surface area contributed by atoms with Gasteiger partial charge in [0.05, 0.1) is 16.9 Å². The molecule has 0 aliphatic heterocycles. The molecule has 1 amide bonds. The van der Waals surface area contributed by atoms with Gasteiger partial charge in [-0.15, -0.1) is 23.1 Å². The van der Waals surface area contributed by atoms with Crippen molar-refractivity contribution >= 4 is 50.1 Å². The maximum Gasteiger partial charge on any atom is 0.259 e. The van der Waals surface area contributed by atoms with Gasteiger partial charge in [0.1, 0.15) is 10.7 Å². The Morgan fingerprint density at radius 2 is 2.10 bits per heavy atom.